The summed E-state index contributed by atoms with van der Waals surface area (Å²) < 4.78 is 0. The average Bonchev–Trinajstić information content (AvgIpc) is 2.15. The van der Waals surface area contributed by atoms with E-state index in [2.05, 4.69) is 0 Å². The Hall–Kier alpha value is -1.01. The Morgan fingerprint density at radius 3 is 2.23 bits per heavy atom. The molecule has 0 saturated heterocycles. The molecular formula is C12H13Cl. The second-order valence-electron chi connectivity index (χ2n) is 3.12. The van der Waals surface area contributed by atoms with Crippen LogP contribution in [-0.2, 0) is 0 Å². The fraction of sp³-hybridized carbons (Fsp3) is 0.167. The molecule has 0 unspecified atom stereocenters. The average molecular weight is 193 g/mol. The van der Waals surface area contributed by atoms with Crippen LogP contribution in [0.3, 0.4) is 0 Å². The van der Waals surface area contributed by atoms with Gasteiger partial charge in [0, 0.05) is 5.03 Å². The fourth-order valence-electron chi connectivity index (χ4n) is 0.933. The number of halogens is 1. The van der Waals surface area contributed by atoms with E-state index < -0.39 is 0 Å². The van der Waals surface area contributed by atoms with Crippen LogP contribution >= 0.6 is 11.6 Å². The number of hydrogen-bond donors (Lipinski definition) is 0. The summed E-state index contributed by atoms with van der Waals surface area (Å²) in [5.74, 6) is 0. The second kappa shape index (κ2) is 4.88. The summed E-state index contributed by atoms with van der Waals surface area (Å²) >= 11 is 6.07. The molecule has 0 aliphatic rings. The Balaban J connectivity index is 2.86. The Morgan fingerprint density at radius 1 is 1.08 bits per heavy atom. The molecule has 0 fully saturated rings. The summed E-state index contributed by atoms with van der Waals surface area (Å²) in [4.78, 5) is 0. The van der Waals surface area contributed by atoms with Crippen LogP contribution in [0.5, 0.6) is 0 Å². The lowest BCUT2D eigenvalue weighted by molar-refractivity contribution is 1.39. The van der Waals surface area contributed by atoms with Crippen LogP contribution in [0.4, 0.5) is 0 Å². The van der Waals surface area contributed by atoms with Crippen LogP contribution in [-0.4, -0.2) is 0 Å². The maximum Gasteiger partial charge on any atom is 0.0478 e. The van der Waals surface area contributed by atoms with Gasteiger partial charge in [-0.2, -0.15) is 0 Å². The zero-order chi connectivity index (χ0) is 9.68. The first-order valence-electron chi connectivity index (χ1n) is 4.26. The van der Waals surface area contributed by atoms with Gasteiger partial charge in [0.1, 0.15) is 0 Å². The van der Waals surface area contributed by atoms with Gasteiger partial charge in [-0.15, -0.1) is 0 Å². The van der Waals surface area contributed by atoms with E-state index in [1.54, 1.807) is 0 Å². The maximum absolute atomic E-state index is 6.07. The Bertz CT molecular complexity index is 316. The molecule has 68 valence electrons. The molecule has 0 aliphatic carbocycles. The molecule has 0 atom stereocenters. The fourth-order valence-corrected chi connectivity index (χ4v) is 1.12. The standard InChI is InChI=1S/C12H13Cl/c1-10(2)8-9-12(13)11-6-4-3-5-7-11/h3-9H,1-2H3. The van der Waals surface area contributed by atoms with Gasteiger partial charge in [0.05, 0.1) is 0 Å². The van der Waals surface area contributed by atoms with Gasteiger partial charge in [0.15, 0.2) is 0 Å². The summed E-state index contributed by atoms with van der Waals surface area (Å²) in [6.07, 6.45) is 3.93. The van der Waals surface area contributed by atoms with Gasteiger partial charge in [-0.05, 0) is 25.5 Å². The second-order valence-corrected chi connectivity index (χ2v) is 3.53. The van der Waals surface area contributed by atoms with E-state index in [9.17, 15) is 0 Å². The van der Waals surface area contributed by atoms with Crippen LogP contribution in [0, 0.1) is 0 Å². The van der Waals surface area contributed by atoms with Gasteiger partial charge in [0.25, 0.3) is 0 Å². The van der Waals surface area contributed by atoms with E-state index in [4.69, 9.17) is 11.6 Å². The van der Waals surface area contributed by atoms with Crippen molar-refractivity contribution in [3.63, 3.8) is 0 Å². The molecule has 0 saturated carbocycles. The molecule has 1 aromatic rings. The van der Waals surface area contributed by atoms with E-state index in [1.165, 1.54) is 5.57 Å². The van der Waals surface area contributed by atoms with Gasteiger partial charge < -0.3 is 0 Å². The molecule has 0 heterocycles. The molecular weight excluding hydrogens is 180 g/mol. The molecule has 0 bridgehead atoms. The van der Waals surface area contributed by atoms with Crippen molar-refractivity contribution in [2.75, 3.05) is 0 Å². The summed E-state index contributed by atoms with van der Waals surface area (Å²) in [6, 6.07) is 9.94. The topological polar surface area (TPSA) is 0 Å². The van der Waals surface area contributed by atoms with Crippen molar-refractivity contribution in [3.8, 4) is 0 Å². The third kappa shape index (κ3) is 3.47. The number of hydrogen-bond acceptors (Lipinski definition) is 0. The molecule has 0 aromatic heterocycles. The SMILES string of the molecule is CC(C)=CC=C(Cl)c1ccccc1. The summed E-state index contributed by atoms with van der Waals surface area (Å²) in [5, 5.41) is 0.779. The predicted molar refractivity (Wildman–Crippen MR) is 59.7 cm³/mol. The predicted octanol–water partition coefficient (Wildman–Crippen LogP) is 4.23. The molecule has 1 aromatic carbocycles. The summed E-state index contributed by atoms with van der Waals surface area (Å²) in [7, 11) is 0. The van der Waals surface area contributed by atoms with Crippen LogP contribution < -0.4 is 0 Å². The molecule has 0 spiro atoms. The van der Waals surface area contributed by atoms with Crippen molar-refractivity contribution in [1.82, 2.24) is 0 Å². The van der Waals surface area contributed by atoms with Crippen molar-refractivity contribution in [1.29, 1.82) is 0 Å². The van der Waals surface area contributed by atoms with Crippen LogP contribution in [0.15, 0.2) is 48.1 Å². The largest absolute Gasteiger partial charge is 0.0837 e. The van der Waals surface area contributed by atoms with Gasteiger partial charge in [0.2, 0.25) is 0 Å². The van der Waals surface area contributed by atoms with Crippen LogP contribution in [0.2, 0.25) is 0 Å². The van der Waals surface area contributed by atoms with Crippen molar-refractivity contribution < 1.29 is 0 Å². The summed E-state index contributed by atoms with van der Waals surface area (Å²) in [6.45, 7) is 4.09. The summed E-state index contributed by atoms with van der Waals surface area (Å²) in [5.41, 5.74) is 2.30. The number of benzene rings is 1. The molecule has 0 amide bonds. The molecule has 13 heavy (non-hydrogen) atoms. The van der Waals surface area contributed by atoms with Gasteiger partial charge in [-0.25, -0.2) is 0 Å². The maximum atomic E-state index is 6.07. The van der Waals surface area contributed by atoms with Crippen molar-refractivity contribution >= 4 is 16.6 Å². The zero-order valence-electron chi connectivity index (χ0n) is 7.92. The molecule has 1 rings (SSSR count). The zero-order valence-corrected chi connectivity index (χ0v) is 8.68. The molecule has 0 radical (unpaired) electrons. The van der Waals surface area contributed by atoms with E-state index >= 15 is 0 Å². The van der Waals surface area contributed by atoms with E-state index in [-0.39, 0.29) is 0 Å². The van der Waals surface area contributed by atoms with Crippen molar-refractivity contribution in [3.05, 3.63) is 53.6 Å². The van der Waals surface area contributed by atoms with E-state index in [0.29, 0.717) is 0 Å². The van der Waals surface area contributed by atoms with Gasteiger partial charge in [-0.3, -0.25) is 0 Å². The molecule has 0 nitrogen and oxygen atoms in total. The highest BCUT2D eigenvalue weighted by Crippen LogP contribution is 2.18. The molecule has 0 aliphatic heterocycles. The highest BCUT2D eigenvalue weighted by Gasteiger charge is 1.93. The highest BCUT2D eigenvalue weighted by atomic mass is 35.5. The highest BCUT2D eigenvalue weighted by molar-refractivity contribution is 6.48. The number of rotatable bonds is 2. The lowest BCUT2D eigenvalue weighted by Crippen LogP contribution is -1.74. The lowest BCUT2D eigenvalue weighted by Gasteiger charge is -1.96. The lowest BCUT2D eigenvalue weighted by atomic mass is 10.2. The van der Waals surface area contributed by atoms with Crippen molar-refractivity contribution in [2.45, 2.75) is 13.8 Å². The first-order valence-corrected chi connectivity index (χ1v) is 4.64. The Kier molecular flexibility index (Phi) is 3.78. The smallest absolute Gasteiger partial charge is 0.0478 e. The molecule has 0 N–H and O–H groups in total. The number of allylic oxidation sites excluding steroid dienone is 3. The minimum atomic E-state index is 0.779. The van der Waals surface area contributed by atoms with Gasteiger partial charge in [-0.1, -0.05) is 53.6 Å². The first kappa shape index (κ1) is 10.1. The monoisotopic (exact) mass is 192 g/mol. The first-order chi connectivity index (χ1) is 6.20. The van der Waals surface area contributed by atoms with Crippen molar-refractivity contribution in [2.24, 2.45) is 0 Å². The molecule has 1 heteroatoms. The normalized spacial score (nSPS) is 11.2. The minimum Gasteiger partial charge on any atom is -0.0837 e. The Morgan fingerprint density at radius 2 is 1.69 bits per heavy atom. The quantitative estimate of drug-likeness (QED) is 0.616. The van der Waals surface area contributed by atoms with E-state index in [0.717, 1.165) is 10.6 Å². The third-order valence-corrected chi connectivity index (χ3v) is 1.96. The van der Waals surface area contributed by atoms with Crippen LogP contribution in [0.1, 0.15) is 19.4 Å². The van der Waals surface area contributed by atoms with E-state index in [1.807, 2.05) is 56.3 Å². The van der Waals surface area contributed by atoms with Crippen LogP contribution in [0.25, 0.3) is 5.03 Å². The van der Waals surface area contributed by atoms with Gasteiger partial charge >= 0.3 is 0 Å². The Labute approximate surface area is 84.5 Å². The third-order valence-electron chi connectivity index (χ3n) is 1.61. The minimum absolute atomic E-state index is 0.779.